The number of aryl methyl sites for hydroxylation is 1. The van der Waals surface area contributed by atoms with Crippen LogP contribution >= 0.6 is 0 Å². The highest BCUT2D eigenvalue weighted by molar-refractivity contribution is 5.97. The SMILES string of the molecule is COC(=O)[C@H](Cc1ccc(C)cc1)NC(=O)c1ccc(F)cc1F. The summed E-state index contributed by atoms with van der Waals surface area (Å²) in [5.74, 6) is -3.24. The number of esters is 1. The number of hydrogen-bond acceptors (Lipinski definition) is 3. The quantitative estimate of drug-likeness (QED) is 0.856. The van der Waals surface area contributed by atoms with Gasteiger partial charge in [0.2, 0.25) is 0 Å². The second-order valence-corrected chi connectivity index (χ2v) is 5.36. The van der Waals surface area contributed by atoms with Crippen molar-refractivity contribution in [1.82, 2.24) is 5.32 Å². The minimum Gasteiger partial charge on any atom is -0.467 e. The monoisotopic (exact) mass is 333 g/mol. The van der Waals surface area contributed by atoms with E-state index in [1.807, 2.05) is 31.2 Å². The van der Waals surface area contributed by atoms with Gasteiger partial charge in [0.25, 0.3) is 5.91 Å². The van der Waals surface area contributed by atoms with E-state index in [1.54, 1.807) is 0 Å². The molecule has 2 rings (SSSR count). The standard InChI is InChI=1S/C18H17F2NO3/c1-11-3-5-12(6-4-11)9-16(18(23)24-2)21-17(22)14-8-7-13(19)10-15(14)20/h3-8,10,16H,9H2,1-2H3,(H,21,22)/t16-/m0/s1. The lowest BCUT2D eigenvalue weighted by atomic mass is 10.0. The number of ether oxygens (including phenoxy) is 1. The Morgan fingerprint density at radius 2 is 1.79 bits per heavy atom. The van der Waals surface area contributed by atoms with Crippen molar-refractivity contribution < 1.29 is 23.1 Å². The van der Waals surface area contributed by atoms with Crippen molar-refractivity contribution in [3.8, 4) is 0 Å². The van der Waals surface area contributed by atoms with Crippen molar-refractivity contribution in [1.29, 1.82) is 0 Å². The molecule has 2 aromatic carbocycles. The van der Waals surface area contributed by atoms with Crippen molar-refractivity contribution >= 4 is 11.9 Å². The molecule has 0 saturated carbocycles. The summed E-state index contributed by atoms with van der Waals surface area (Å²) >= 11 is 0. The van der Waals surface area contributed by atoms with Gasteiger partial charge in [0.15, 0.2) is 0 Å². The molecule has 0 aliphatic rings. The summed E-state index contributed by atoms with van der Waals surface area (Å²) in [5, 5.41) is 2.43. The summed E-state index contributed by atoms with van der Waals surface area (Å²) in [7, 11) is 1.20. The smallest absolute Gasteiger partial charge is 0.328 e. The van der Waals surface area contributed by atoms with Crippen molar-refractivity contribution in [3.63, 3.8) is 0 Å². The minimum atomic E-state index is -0.994. The van der Waals surface area contributed by atoms with Crippen LogP contribution in [-0.4, -0.2) is 25.0 Å². The van der Waals surface area contributed by atoms with Crippen LogP contribution in [0.25, 0.3) is 0 Å². The molecule has 126 valence electrons. The molecule has 0 aromatic heterocycles. The van der Waals surface area contributed by atoms with Gasteiger partial charge >= 0.3 is 5.97 Å². The van der Waals surface area contributed by atoms with Gasteiger partial charge in [-0.2, -0.15) is 0 Å². The van der Waals surface area contributed by atoms with Crippen LogP contribution < -0.4 is 5.32 Å². The third-order valence-corrected chi connectivity index (χ3v) is 3.53. The van der Waals surface area contributed by atoms with Crippen LogP contribution in [0.15, 0.2) is 42.5 Å². The topological polar surface area (TPSA) is 55.4 Å². The van der Waals surface area contributed by atoms with Crippen LogP contribution in [0, 0.1) is 18.6 Å². The highest BCUT2D eigenvalue weighted by atomic mass is 19.1. The molecule has 2 aromatic rings. The lowest BCUT2D eigenvalue weighted by molar-refractivity contribution is -0.142. The van der Waals surface area contributed by atoms with Gasteiger partial charge in [0.05, 0.1) is 12.7 Å². The van der Waals surface area contributed by atoms with E-state index in [2.05, 4.69) is 10.1 Å². The fraction of sp³-hybridized carbons (Fsp3) is 0.222. The summed E-state index contributed by atoms with van der Waals surface area (Å²) in [6, 6.07) is 9.06. The number of benzene rings is 2. The number of halogens is 2. The van der Waals surface area contributed by atoms with Gasteiger partial charge in [-0.15, -0.1) is 0 Å². The van der Waals surface area contributed by atoms with Crippen molar-refractivity contribution in [2.45, 2.75) is 19.4 Å². The average Bonchev–Trinajstić information content (AvgIpc) is 2.55. The van der Waals surface area contributed by atoms with Gasteiger partial charge in [-0.25, -0.2) is 13.6 Å². The Balaban J connectivity index is 2.17. The molecule has 24 heavy (non-hydrogen) atoms. The first-order chi connectivity index (χ1) is 11.4. The van der Waals surface area contributed by atoms with Gasteiger partial charge in [0.1, 0.15) is 17.7 Å². The maximum atomic E-state index is 13.7. The van der Waals surface area contributed by atoms with Gasteiger partial charge in [-0.3, -0.25) is 4.79 Å². The maximum absolute atomic E-state index is 13.7. The van der Waals surface area contributed by atoms with E-state index in [0.717, 1.165) is 23.3 Å². The normalized spacial score (nSPS) is 11.7. The van der Waals surface area contributed by atoms with Gasteiger partial charge in [-0.05, 0) is 24.6 Å². The number of methoxy groups -OCH3 is 1. The Bertz CT molecular complexity index is 744. The lowest BCUT2D eigenvalue weighted by Gasteiger charge is -2.17. The van der Waals surface area contributed by atoms with E-state index in [1.165, 1.54) is 7.11 Å². The van der Waals surface area contributed by atoms with Crippen molar-refractivity contribution in [3.05, 3.63) is 70.8 Å². The Morgan fingerprint density at radius 3 is 2.38 bits per heavy atom. The van der Waals surface area contributed by atoms with E-state index in [4.69, 9.17) is 0 Å². The zero-order valence-electron chi connectivity index (χ0n) is 13.3. The van der Waals surface area contributed by atoms with E-state index in [9.17, 15) is 18.4 Å². The third-order valence-electron chi connectivity index (χ3n) is 3.53. The zero-order valence-corrected chi connectivity index (χ0v) is 13.3. The fourth-order valence-corrected chi connectivity index (χ4v) is 2.21. The number of amides is 1. The molecule has 0 fully saturated rings. The third kappa shape index (κ3) is 4.38. The van der Waals surface area contributed by atoms with Gasteiger partial charge < -0.3 is 10.1 Å². The van der Waals surface area contributed by atoms with Crippen LogP contribution in [0.3, 0.4) is 0 Å². The second kappa shape index (κ2) is 7.68. The molecular weight excluding hydrogens is 316 g/mol. The first kappa shape index (κ1) is 17.6. The molecule has 0 bridgehead atoms. The highest BCUT2D eigenvalue weighted by Gasteiger charge is 2.24. The van der Waals surface area contributed by atoms with E-state index in [0.29, 0.717) is 6.07 Å². The molecule has 1 amide bonds. The predicted molar refractivity (Wildman–Crippen MR) is 84.5 cm³/mol. The van der Waals surface area contributed by atoms with Gasteiger partial charge in [0, 0.05) is 12.5 Å². The number of hydrogen-bond donors (Lipinski definition) is 1. The molecule has 1 atom stereocenters. The molecule has 0 heterocycles. The van der Waals surface area contributed by atoms with Gasteiger partial charge in [-0.1, -0.05) is 29.8 Å². The molecule has 0 saturated heterocycles. The summed E-state index contributed by atoms with van der Waals surface area (Å²) < 4.78 is 31.3. The largest absolute Gasteiger partial charge is 0.467 e. The lowest BCUT2D eigenvalue weighted by Crippen LogP contribution is -2.43. The molecule has 1 N–H and O–H groups in total. The molecule has 0 radical (unpaired) electrons. The second-order valence-electron chi connectivity index (χ2n) is 5.36. The minimum absolute atomic E-state index is 0.196. The number of carbonyl (C=O) groups is 2. The molecule has 6 heteroatoms. The van der Waals surface area contributed by atoms with Crippen LogP contribution in [0.1, 0.15) is 21.5 Å². The first-order valence-electron chi connectivity index (χ1n) is 7.30. The average molecular weight is 333 g/mol. The molecule has 4 nitrogen and oxygen atoms in total. The first-order valence-corrected chi connectivity index (χ1v) is 7.30. The molecule has 0 spiro atoms. The van der Waals surface area contributed by atoms with Crippen LogP contribution in [0.5, 0.6) is 0 Å². The Labute approximate surface area is 138 Å². The van der Waals surface area contributed by atoms with E-state index >= 15 is 0 Å². The molecule has 0 aliphatic carbocycles. The molecule has 0 unspecified atom stereocenters. The molecule has 0 aliphatic heterocycles. The number of carbonyl (C=O) groups excluding carboxylic acids is 2. The summed E-state index contributed by atoms with van der Waals surface area (Å²) in [6.45, 7) is 1.93. The van der Waals surface area contributed by atoms with Crippen LogP contribution in [0.2, 0.25) is 0 Å². The van der Waals surface area contributed by atoms with Crippen molar-refractivity contribution in [2.24, 2.45) is 0 Å². The summed E-state index contributed by atoms with van der Waals surface area (Å²) in [6.07, 6.45) is 0.196. The van der Waals surface area contributed by atoms with Crippen molar-refractivity contribution in [2.75, 3.05) is 7.11 Å². The fourth-order valence-electron chi connectivity index (χ4n) is 2.21. The Morgan fingerprint density at radius 1 is 1.12 bits per heavy atom. The predicted octanol–water partition coefficient (Wildman–Crippen LogP) is 2.79. The zero-order chi connectivity index (χ0) is 17.7. The highest BCUT2D eigenvalue weighted by Crippen LogP contribution is 2.11. The summed E-state index contributed by atoms with van der Waals surface area (Å²) in [4.78, 5) is 24.1. The van der Waals surface area contributed by atoms with E-state index in [-0.39, 0.29) is 12.0 Å². The van der Waals surface area contributed by atoms with Crippen LogP contribution in [-0.2, 0) is 16.0 Å². The maximum Gasteiger partial charge on any atom is 0.328 e. The molecular formula is C18H17F2NO3. The Hall–Kier alpha value is -2.76. The van der Waals surface area contributed by atoms with E-state index < -0.39 is 29.6 Å². The Kier molecular flexibility index (Phi) is 5.63. The number of rotatable bonds is 5. The van der Waals surface area contributed by atoms with Crippen LogP contribution in [0.4, 0.5) is 8.78 Å². The number of nitrogens with one attached hydrogen (secondary N) is 1. The summed E-state index contributed by atoms with van der Waals surface area (Å²) in [5.41, 5.74) is 1.54.